The van der Waals surface area contributed by atoms with Crippen molar-refractivity contribution >= 4 is 11.3 Å². The van der Waals surface area contributed by atoms with Crippen LogP contribution in [0.15, 0.2) is 29.1 Å². The Morgan fingerprint density at radius 3 is 2.80 bits per heavy atom. The largest absolute Gasteiger partial charge is 0.319 e. The van der Waals surface area contributed by atoms with Crippen molar-refractivity contribution in [3.05, 3.63) is 51.5 Å². The predicted molar refractivity (Wildman–Crippen MR) is 64.1 cm³/mol. The standard InChI is InChI=1S/C12H14N2S/c1-8-3-4-9(2)10(5-8)12(13)11-6-15-7-14-11/h3-7,12H,13H2,1-2H3. The van der Waals surface area contributed by atoms with Crippen molar-refractivity contribution in [2.75, 3.05) is 0 Å². The molecule has 0 bridgehead atoms. The van der Waals surface area contributed by atoms with Gasteiger partial charge >= 0.3 is 0 Å². The number of aryl methyl sites for hydroxylation is 2. The summed E-state index contributed by atoms with van der Waals surface area (Å²) in [6, 6.07) is 6.25. The van der Waals surface area contributed by atoms with E-state index in [0.717, 1.165) is 5.69 Å². The van der Waals surface area contributed by atoms with E-state index in [1.165, 1.54) is 16.7 Å². The first-order valence-corrected chi connectivity index (χ1v) is 5.83. The van der Waals surface area contributed by atoms with Crippen molar-refractivity contribution in [2.24, 2.45) is 5.73 Å². The van der Waals surface area contributed by atoms with Crippen LogP contribution in [0.25, 0.3) is 0 Å². The zero-order valence-electron chi connectivity index (χ0n) is 8.90. The molecule has 2 N–H and O–H groups in total. The van der Waals surface area contributed by atoms with Crippen LogP contribution in [0.2, 0.25) is 0 Å². The Hall–Kier alpha value is -1.19. The summed E-state index contributed by atoms with van der Waals surface area (Å²) < 4.78 is 0. The van der Waals surface area contributed by atoms with Gasteiger partial charge in [-0.3, -0.25) is 0 Å². The fourth-order valence-corrected chi connectivity index (χ4v) is 2.22. The second-order valence-electron chi connectivity index (χ2n) is 3.75. The molecule has 78 valence electrons. The second kappa shape index (κ2) is 4.13. The van der Waals surface area contributed by atoms with Gasteiger partial charge in [0.15, 0.2) is 0 Å². The van der Waals surface area contributed by atoms with E-state index in [4.69, 9.17) is 5.73 Å². The molecule has 0 aliphatic rings. The number of benzene rings is 1. The Morgan fingerprint density at radius 2 is 2.13 bits per heavy atom. The lowest BCUT2D eigenvalue weighted by molar-refractivity contribution is 0.829. The summed E-state index contributed by atoms with van der Waals surface area (Å²) in [5.41, 5.74) is 12.6. The van der Waals surface area contributed by atoms with Crippen LogP contribution in [-0.4, -0.2) is 4.98 Å². The van der Waals surface area contributed by atoms with E-state index >= 15 is 0 Å². The molecule has 1 aromatic heterocycles. The topological polar surface area (TPSA) is 38.9 Å². The summed E-state index contributed by atoms with van der Waals surface area (Å²) in [7, 11) is 0. The van der Waals surface area contributed by atoms with Gasteiger partial charge in [-0.25, -0.2) is 4.98 Å². The summed E-state index contributed by atoms with van der Waals surface area (Å²) in [6.45, 7) is 4.16. The summed E-state index contributed by atoms with van der Waals surface area (Å²) in [5, 5.41) is 2.01. The van der Waals surface area contributed by atoms with E-state index in [0.29, 0.717) is 0 Å². The van der Waals surface area contributed by atoms with Crippen molar-refractivity contribution in [3.8, 4) is 0 Å². The first kappa shape index (κ1) is 10.3. The number of aromatic nitrogens is 1. The van der Waals surface area contributed by atoms with Gasteiger partial charge in [-0.05, 0) is 25.0 Å². The smallest absolute Gasteiger partial charge is 0.0795 e. The van der Waals surface area contributed by atoms with Crippen LogP contribution in [0.1, 0.15) is 28.4 Å². The first-order chi connectivity index (χ1) is 7.18. The zero-order valence-corrected chi connectivity index (χ0v) is 9.71. The fourth-order valence-electron chi connectivity index (χ4n) is 1.63. The average molecular weight is 218 g/mol. The Morgan fingerprint density at radius 1 is 1.33 bits per heavy atom. The highest BCUT2D eigenvalue weighted by Gasteiger charge is 2.12. The van der Waals surface area contributed by atoms with Crippen LogP contribution >= 0.6 is 11.3 Å². The molecule has 0 aliphatic heterocycles. The third-order valence-corrected chi connectivity index (χ3v) is 3.14. The summed E-state index contributed by atoms with van der Waals surface area (Å²) in [6.07, 6.45) is 0. The van der Waals surface area contributed by atoms with E-state index in [1.54, 1.807) is 11.3 Å². The van der Waals surface area contributed by atoms with Gasteiger partial charge in [0.05, 0.1) is 17.2 Å². The molecular weight excluding hydrogens is 204 g/mol. The zero-order chi connectivity index (χ0) is 10.8. The van der Waals surface area contributed by atoms with Gasteiger partial charge in [-0.2, -0.15) is 0 Å². The number of thiazole rings is 1. The van der Waals surface area contributed by atoms with E-state index in [9.17, 15) is 0 Å². The minimum atomic E-state index is -0.101. The second-order valence-corrected chi connectivity index (χ2v) is 4.47. The molecular formula is C12H14N2S. The minimum Gasteiger partial charge on any atom is -0.319 e. The molecule has 2 nitrogen and oxygen atoms in total. The van der Waals surface area contributed by atoms with E-state index < -0.39 is 0 Å². The van der Waals surface area contributed by atoms with Crippen molar-refractivity contribution < 1.29 is 0 Å². The Kier molecular flexibility index (Phi) is 2.84. The highest BCUT2D eigenvalue weighted by Crippen LogP contribution is 2.23. The van der Waals surface area contributed by atoms with Crippen LogP contribution in [0.3, 0.4) is 0 Å². The lowest BCUT2D eigenvalue weighted by Gasteiger charge is -2.13. The Balaban J connectivity index is 2.41. The molecule has 0 fully saturated rings. The highest BCUT2D eigenvalue weighted by molar-refractivity contribution is 7.07. The molecule has 0 amide bonds. The molecule has 15 heavy (non-hydrogen) atoms. The normalized spacial score (nSPS) is 12.7. The lowest BCUT2D eigenvalue weighted by atomic mass is 9.98. The monoisotopic (exact) mass is 218 g/mol. The van der Waals surface area contributed by atoms with Crippen molar-refractivity contribution in [1.29, 1.82) is 0 Å². The van der Waals surface area contributed by atoms with E-state index in [-0.39, 0.29) is 6.04 Å². The molecule has 0 saturated carbocycles. The quantitative estimate of drug-likeness (QED) is 0.841. The van der Waals surface area contributed by atoms with Gasteiger partial charge in [-0.1, -0.05) is 23.8 Å². The average Bonchev–Trinajstić information content (AvgIpc) is 2.74. The number of nitrogens with zero attached hydrogens (tertiary/aromatic N) is 1. The molecule has 2 rings (SSSR count). The molecule has 1 atom stereocenters. The molecule has 3 heteroatoms. The number of rotatable bonds is 2. The number of hydrogen-bond donors (Lipinski definition) is 1. The Bertz CT molecular complexity index is 449. The maximum Gasteiger partial charge on any atom is 0.0795 e. The first-order valence-electron chi connectivity index (χ1n) is 4.89. The minimum absolute atomic E-state index is 0.101. The molecule has 0 radical (unpaired) electrons. The molecule has 1 aromatic carbocycles. The van der Waals surface area contributed by atoms with Crippen LogP contribution < -0.4 is 5.73 Å². The van der Waals surface area contributed by atoms with Crippen LogP contribution in [-0.2, 0) is 0 Å². The van der Waals surface area contributed by atoms with Crippen molar-refractivity contribution in [1.82, 2.24) is 4.98 Å². The van der Waals surface area contributed by atoms with Gasteiger partial charge in [-0.15, -0.1) is 11.3 Å². The molecule has 1 heterocycles. The molecule has 0 spiro atoms. The molecule has 1 unspecified atom stereocenters. The van der Waals surface area contributed by atoms with Crippen LogP contribution in [0.5, 0.6) is 0 Å². The van der Waals surface area contributed by atoms with Crippen LogP contribution in [0, 0.1) is 13.8 Å². The lowest BCUT2D eigenvalue weighted by Crippen LogP contribution is -2.13. The molecule has 0 saturated heterocycles. The third kappa shape index (κ3) is 2.08. The van der Waals surface area contributed by atoms with Gasteiger partial charge in [0.1, 0.15) is 0 Å². The Labute approximate surface area is 93.8 Å². The summed E-state index contributed by atoms with van der Waals surface area (Å²) in [4.78, 5) is 4.26. The maximum absolute atomic E-state index is 6.17. The fraction of sp³-hybridized carbons (Fsp3) is 0.250. The summed E-state index contributed by atoms with van der Waals surface area (Å²) in [5.74, 6) is 0. The van der Waals surface area contributed by atoms with Gasteiger partial charge in [0, 0.05) is 5.38 Å². The van der Waals surface area contributed by atoms with Crippen molar-refractivity contribution in [2.45, 2.75) is 19.9 Å². The third-order valence-electron chi connectivity index (χ3n) is 2.54. The summed E-state index contributed by atoms with van der Waals surface area (Å²) >= 11 is 1.58. The number of nitrogens with two attached hydrogens (primary N) is 1. The molecule has 0 aliphatic carbocycles. The van der Waals surface area contributed by atoms with Gasteiger partial charge in [0.25, 0.3) is 0 Å². The predicted octanol–water partition coefficient (Wildman–Crippen LogP) is 2.81. The number of hydrogen-bond acceptors (Lipinski definition) is 3. The van der Waals surface area contributed by atoms with Gasteiger partial charge < -0.3 is 5.73 Å². The highest BCUT2D eigenvalue weighted by atomic mass is 32.1. The maximum atomic E-state index is 6.17. The van der Waals surface area contributed by atoms with E-state index in [2.05, 4.69) is 37.0 Å². The van der Waals surface area contributed by atoms with Crippen molar-refractivity contribution in [3.63, 3.8) is 0 Å². The van der Waals surface area contributed by atoms with E-state index in [1.807, 2.05) is 10.9 Å². The molecule has 2 aromatic rings. The SMILES string of the molecule is Cc1ccc(C)c(C(N)c2cscn2)c1. The van der Waals surface area contributed by atoms with Crippen LogP contribution in [0.4, 0.5) is 0 Å². The van der Waals surface area contributed by atoms with Gasteiger partial charge in [0.2, 0.25) is 0 Å².